The quantitative estimate of drug-likeness (QED) is 0.848. The Balaban J connectivity index is 2.27. The Morgan fingerprint density at radius 2 is 2.25 bits per heavy atom. The maximum absolute atomic E-state index is 6.14. The van der Waals surface area contributed by atoms with E-state index in [9.17, 15) is 0 Å². The molecule has 0 aliphatic heterocycles. The average Bonchev–Trinajstić information content (AvgIpc) is 2.76. The molecule has 2 rings (SSSR count). The second kappa shape index (κ2) is 4.45. The highest BCUT2D eigenvalue weighted by Crippen LogP contribution is 2.17. The summed E-state index contributed by atoms with van der Waals surface area (Å²) in [5, 5.41) is 4.21. The lowest BCUT2D eigenvalue weighted by molar-refractivity contribution is 0.658. The number of nitrogens with zero attached hydrogens (tertiary/aromatic N) is 3. The van der Waals surface area contributed by atoms with E-state index in [-0.39, 0.29) is 6.04 Å². The van der Waals surface area contributed by atoms with Crippen LogP contribution < -0.4 is 5.73 Å². The Bertz CT molecular complexity index is 475. The van der Waals surface area contributed by atoms with Crippen LogP contribution in [0.4, 0.5) is 0 Å². The van der Waals surface area contributed by atoms with Gasteiger partial charge in [-0.1, -0.05) is 6.07 Å². The van der Waals surface area contributed by atoms with Gasteiger partial charge in [0.15, 0.2) is 0 Å². The lowest BCUT2D eigenvalue weighted by Gasteiger charge is -2.09. The Hall–Kier alpha value is -1.68. The summed E-state index contributed by atoms with van der Waals surface area (Å²) in [7, 11) is 0. The summed E-state index contributed by atoms with van der Waals surface area (Å²) in [6.45, 7) is 4.87. The average molecular weight is 216 g/mol. The zero-order chi connectivity index (χ0) is 11.5. The molecule has 1 unspecified atom stereocenters. The van der Waals surface area contributed by atoms with Gasteiger partial charge in [0.05, 0.1) is 17.9 Å². The second-order valence-corrected chi connectivity index (χ2v) is 3.81. The molecule has 0 radical (unpaired) electrons. The fourth-order valence-electron chi connectivity index (χ4n) is 1.62. The number of hydrogen-bond donors (Lipinski definition) is 1. The highest BCUT2D eigenvalue weighted by molar-refractivity contribution is 5.24. The summed E-state index contributed by atoms with van der Waals surface area (Å²) in [6.07, 6.45) is 3.77. The van der Waals surface area contributed by atoms with Gasteiger partial charge in [-0.05, 0) is 26.0 Å². The van der Waals surface area contributed by atoms with E-state index in [0.29, 0.717) is 0 Å². The van der Waals surface area contributed by atoms with Crippen LogP contribution in [0.3, 0.4) is 0 Å². The first-order valence-corrected chi connectivity index (χ1v) is 5.42. The molecule has 84 valence electrons. The third kappa shape index (κ3) is 2.12. The minimum Gasteiger partial charge on any atom is -0.319 e. The summed E-state index contributed by atoms with van der Waals surface area (Å²) in [6, 6.07) is 5.69. The van der Waals surface area contributed by atoms with Crippen LogP contribution in [0.25, 0.3) is 0 Å². The van der Waals surface area contributed by atoms with Gasteiger partial charge >= 0.3 is 0 Å². The molecule has 0 spiro atoms. The van der Waals surface area contributed by atoms with E-state index in [2.05, 4.69) is 10.1 Å². The Kier molecular flexibility index (Phi) is 3.01. The number of aryl methyl sites for hydroxylation is 2. The summed E-state index contributed by atoms with van der Waals surface area (Å²) in [4.78, 5) is 4.42. The predicted molar refractivity (Wildman–Crippen MR) is 62.9 cm³/mol. The molecule has 0 aliphatic rings. The fourth-order valence-corrected chi connectivity index (χ4v) is 1.62. The van der Waals surface area contributed by atoms with Gasteiger partial charge in [0.1, 0.15) is 0 Å². The summed E-state index contributed by atoms with van der Waals surface area (Å²) in [5.74, 6) is 0. The topological polar surface area (TPSA) is 56.7 Å². The van der Waals surface area contributed by atoms with Gasteiger partial charge in [0, 0.05) is 24.0 Å². The molecule has 0 fully saturated rings. The molecule has 16 heavy (non-hydrogen) atoms. The second-order valence-electron chi connectivity index (χ2n) is 3.81. The minimum atomic E-state index is -0.194. The summed E-state index contributed by atoms with van der Waals surface area (Å²) >= 11 is 0. The third-order valence-corrected chi connectivity index (χ3v) is 2.56. The SMILES string of the molecule is CCn1cc(C(N)c2cccc(C)n2)cn1. The number of rotatable bonds is 3. The van der Waals surface area contributed by atoms with Crippen LogP contribution in [0.15, 0.2) is 30.6 Å². The first-order chi connectivity index (χ1) is 7.70. The number of nitrogens with two attached hydrogens (primary N) is 1. The Morgan fingerprint density at radius 3 is 2.88 bits per heavy atom. The van der Waals surface area contributed by atoms with Crippen molar-refractivity contribution in [2.75, 3.05) is 0 Å². The minimum absolute atomic E-state index is 0.194. The number of aromatic nitrogens is 3. The van der Waals surface area contributed by atoms with Crippen molar-refractivity contribution in [1.29, 1.82) is 0 Å². The van der Waals surface area contributed by atoms with Crippen LogP contribution in [0, 0.1) is 6.92 Å². The van der Waals surface area contributed by atoms with Gasteiger partial charge in [-0.25, -0.2) is 0 Å². The first-order valence-electron chi connectivity index (χ1n) is 5.42. The molecule has 2 heterocycles. The number of pyridine rings is 1. The van der Waals surface area contributed by atoms with Gasteiger partial charge in [0.2, 0.25) is 0 Å². The number of hydrogen-bond acceptors (Lipinski definition) is 3. The van der Waals surface area contributed by atoms with Crippen molar-refractivity contribution < 1.29 is 0 Å². The lowest BCUT2D eigenvalue weighted by atomic mass is 10.1. The third-order valence-electron chi connectivity index (χ3n) is 2.56. The molecule has 0 saturated heterocycles. The van der Waals surface area contributed by atoms with Gasteiger partial charge < -0.3 is 5.73 Å². The maximum Gasteiger partial charge on any atom is 0.0757 e. The van der Waals surface area contributed by atoms with E-state index in [1.165, 1.54) is 0 Å². The van der Waals surface area contributed by atoms with Gasteiger partial charge in [-0.15, -0.1) is 0 Å². The first kappa shape index (κ1) is 10.8. The molecule has 2 aromatic rings. The zero-order valence-electron chi connectivity index (χ0n) is 9.59. The zero-order valence-corrected chi connectivity index (χ0v) is 9.59. The van der Waals surface area contributed by atoms with Gasteiger partial charge in [-0.3, -0.25) is 9.67 Å². The Morgan fingerprint density at radius 1 is 1.44 bits per heavy atom. The highest BCUT2D eigenvalue weighted by Gasteiger charge is 2.12. The summed E-state index contributed by atoms with van der Waals surface area (Å²) in [5.41, 5.74) is 9.00. The van der Waals surface area contributed by atoms with Crippen LogP contribution in [-0.2, 0) is 6.54 Å². The van der Waals surface area contributed by atoms with E-state index < -0.39 is 0 Å². The largest absolute Gasteiger partial charge is 0.319 e. The van der Waals surface area contributed by atoms with E-state index in [1.54, 1.807) is 6.20 Å². The van der Waals surface area contributed by atoms with E-state index in [0.717, 1.165) is 23.5 Å². The van der Waals surface area contributed by atoms with Gasteiger partial charge in [-0.2, -0.15) is 5.10 Å². The lowest BCUT2D eigenvalue weighted by Crippen LogP contribution is -2.13. The normalized spacial score (nSPS) is 12.7. The van der Waals surface area contributed by atoms with Crippen LogP contribution in [0.2, 0.25) is 0 Å². The van der Waals surface area contributed by atoms with Crippen molar-refractivity contribution in [3.05, 3.63) is 47.5 Å². The van der Waals surface area contributed by atoms with Crippen molar-refractivity contribution in [1.82, 2.24) is 14.8 Å². The summed E-state index contributed by atoms with van der Waals surface area (Å²) < 4.78 is 1.87. The predicted octanol–water partition coefficient (Wildman–Crippen LogP) is 1.65. The standard InChI is InChI=1S/C12H16N4/c1-3-16-8-10(7-14-16)12(13)11-6-4-5-9(2)15-11/h4-8,12H,3,13H2,1-2H3. The van der Waals surface area contributed by atoms with Crippen molar-refractivity contribution in [3.63, 3.8) is 0 Å². The fraction of sp³-hybridized carbons (Fsp3) is 0.333. The highest BCUT2D eigenvalue weighted by atomic mass is 15.3. The van der Waals surface area contributed by atoms with Crippen LogP contribution in [0.5, 0.6) is 0 Å². The molecule has 0 aromatic carbocycles. The molecular weight excluding hydrogens is 200 g/mol. The molecule has 2 aromatic heterocycles. The van der Waals surface area contributed by atoms with Gasteiger partial charge in [0.25, 0.3) is 0 Å². The maximum atomic E-state index is 6.14. The molecular formula is C12H16N4. The molecule has 4 nitrogen and oxygen atoms in total. The smallest absolute Gasteiger partial charge is 0.0757 e. The van der Waals surface area contributed by atoms with Crippen molar-refractivity contribution >= 4 is 0 Å². The van der Waals surface area contributed by atoms with Crippen LogP contribution in [0.1, 0.15) is 29.9 Å². The molecule has 1 atom stereocenters. The monoisotopic (exact) mass is 216 g/mol. The van der Waals surface area contributed by atoms with Crippen LogP contribution >= 0.6 is 0 Å². The molecule has 2 N–H and O–H groups in total. The molecule has 0 saturated carbocycles. The van der Waals surface area contributed by atoms with E-state index in [4.69, 9.17) is 5.73 Å². The van der Waals surface area contributed by atoms with Crippen molar-refractivity contribution in [3.8, 4) is 0 Å². The molecule has 0 bridgehead atoms. The van der Waals surface area contributed by atoms with Crippen molar-refractivity contribution in [2.45, 2.75) is 26.4 Å². The molecule has 0 amide bonds. The Labute approximate surface area is 95.1 Å². The van der Waals surface area contributed by atoms with Crippen molar-refractivity contribution in [2.24, 2.45) is 5.73 Å². The van der Waals surface area contributed by atoms with E-state index in [1.807, 2.05) is 42.9 Å². The van der Waals surface area contributed by atoms with Crippen LogP contribution in [-0.4, -0.2) is 14.8 Å². The molecule has 4 heteroatoms. The molecule has 0 aliphatic carbocycles. The van der Waals surface area contributed by atoms with E-state index >= 15 is 0 Å².